The summed E-state index contributed by atoms with van der Waals surface area (Å²) in [5.74, 6) is -0.606. The first-order chi connectivity index (χ1) is 11.1. The Kier molecular flexibility index (Phi) is 4.55. The van der Waals surface area contributed by atoms with Crippen LogP contribution in [0.15, 0.2) is 24.5 Å². The first kappa shape index (κ1) is 15.5. The molecule has 3 rings (SSSR count). The number of anilines is 1. The fourth-order valence-corrected chi connectivity index (χ4v) is 3.21. The van der Waals surface area contributed by atoms with Crippen molar-refractivity contribution >= 4 is 23.5 Å². The van der Waals surface area contributed by atoms with E-state index >= 15 is 0 Å². The smallest absolute Gasteiger partial charge is 0.325 e. The first-order valence-electron chi connectivity index (χ1n) is 7.98. The number of carbonyl (C=O) groups is 3. The van der Waals surface area contributed by atoms with E-state index in [2.05, 4.69) is 15.6 Å². The molecule has 7 heteroatoms. The molecule has 122 valence electrons. The van der Waals surface area contributed by atoms with Gasteiger partial charge < -0.3 is 10.6 Å². The summed E-state index contributed by atoms with van der Waals surface area (Å²) in [7, 11) is 0. The summed E-state index contributed by atoms with van der Waals surface area (Å²) in [6.45, 7) is 0. The maximum absolute atomic E-state index is 12.5. The Morgan fingerprint density at radius 3 is 2.78 bits per heavy atom. The molecule has 0 radical (unpaired) electrons. The largest absolute Gasteiger partial charge is 0.325 e. The molecular weight excluding hydrogens is 296 g/mol. The van der Waals surface area contributed by atoms with Crippen LogP contribution in [0.4, 0.5) is 10.5 Å². The molecule has 0 unspecified atom stereocenters. The predicted octanol–water partition coefficient (Wildman–Crippen LogP) is 1.66. The molecule has 0 spiro atoms. The van der Waals surface area contributed by atoms with Crippen LogP contribution in [0, 0.1) is 0 Å². The highest BCUT2D eigenvalue weighted by Crippen LogP contribution is 2.26. The first-order valence-corrected chi connectivity index (χ1v) is 7.98. The number of hydrogen-bond donors (Lipinski definition) is 2. The molecule has 1 aromatic heterocycles. The van der Waals surface area contributed by atoms with Crippen LogP contribution in [0.2, 0.25) is 0 Å². The summed E-state index contributed by atoms with van der Waals surface area (Å²) in [5, 5.41) is 5.30. The molecule has 4 amide bonds. The van der Waals surface area contributed by atoms with E-state index in [1.54, 1.807) is 18.3 Å². The van der Waals surface area contributed by atoms with Crippen LogP contribution in [0.1, 0.15) is 38.5 Å². The van der Waals surface area contributed by atoms with Crippen LogP contribution in [-0.4, -0.2) is 39.8 Å². The van der Waals surface area contributed by atoms with Gasteiger partial charge in [0.2, 0.25) is 5.91 Å². The average Bonchev–Trinajstić information content (AvgIpc) is 2.83. The van der Waals surface area contributed by atoms with E-state index in [4.69, 9.17) is 0 Å². The Morgan fingerprint density at radius 1 is 1.30 bits per heavy atom. The molecule has 7 nitrogen and oxygen atoms in total. The maximum Gasteiger partial charge on any atom is 0.325 e. The molecule has 1 aromatic rings. The molecule has 1 saturated heterocycles. The van der Waals surface area contributed by atoms with Crippen LogP contribution >= 0.6 is 0 Å². The van der Waals surface area contributed by atoms with Gasteiger partial charge in [0, 0.05) is 12.2 Å². The molecule has 2 aliphatic rings. The van der Waals surface area contributed by atoms with E-state index in [-0.39, 0.29) is 30.3 Å². The molecule has 2 heterocycles. The van der Waals surface area contributed by atoms with Gasteiger partial charge in [-0.15, -0.1) is 0 Å². The number of carbonyl (C=O) groups excluding carboxylic acids is 3. The average molecular weight is 316 g/mol. The van der Waals surface area contributed by atoms with E-state index in [1.165, 1.54) is 11.1 Å². The Labute approximate surface area is 134 Å². The lowest BCUT2D eigenvalue weighted by atomic mass is 9.94. The van der Waals surface area contributed by atoms with Crippen molar-refractivity contribution in [1.82, 2.24) is 15.2 Å². The molecular formula is C16H20N4O3. The zero-order valence-corrected chi connectivity index (χ0v) is 12.8. The van der Waals surface area contributed by atoms with Crippen LogP contribution in [0.5, 0.6) is 0 Å². The maximum atomic E-state index is 12.5. The third kappa shape index (κ3) is 3.49. The van der Waals surface area contributed by atoms with E-state index < -0.39 is 6.04 Å². The second-order valence-corrected chi connectivity index (χ2v) is 6.00. The summed E-state index contributed by atoms with van der Waals surface area (Å²) < 4.78 is 0. The summed E-state index contributed by atoms with van der Waals surface area (Å²) >= 11 is 0. The third-order valence-corrected chi connectivity index (χ3v) is 4.33. The number of urea groups is 1. The summed E-state index contributed by atoms with van der Waals surface area (Å²) in [4.78, 5) is 41.8. The monoisotopic (exact) mass is 316 g/mol. The highest BCUT2D eigenvalue weighted by atomic mass is 16.2. The molecule has 23 heavy (non-hydrogen) atoms. The van der Waals surface area contributed by atoms with Crippen molar-refractivity contribution in [1.29, 1.82) is 0 Å². The summed E-state index contributed by atoms with van der Waals surface area (Å²) in [6.07, 6.45) is 8.00. The van der Waals surface area contributed by atoms with Crippen molar-refractivity contribution in [3.05, 3.63) is 24.5 Å². The van der Waals surface area contributed by atoms with E-state index in [1.807, 2.05) is 0 Å². The number of rotatable bonds is 4. The number of nitrogens with zero attached hydrogens (tertiary/aromatic N) is 2. The van der Waals surface area contributed by atoms with Crippen LogP contribution in [-0.2, 0) is 9.59 Å². The lowest BCUT2D eigenvalue weighted by Crippen LogP contribution is -2.42. The van der Waals surface area contributed by atoms with Crippen molar-refractivity contribution in [3.8, 4) is 0 Å². The number of imide groups is 1. The van der Waals surface area contributed by atoms with Gasteiger partial charge in [-0.25, -0.2) is 4.79 Å². The molecule has 1 aliphatic carbocycles. The number of hydrogen-bond acceptors (Lipinski definition) is 4. The number of amides is 4. The van der Waals surface area contributed by atoms with Gasteiger partial charge in [-0.3, -0.25) is 19.5 Å². The van der Waals surface area contributed by atoms with Gasteiger partial charge in [0.05, 0.1) is 18.3 Å². The van der Waals surface area contributed by atoms with Crippen molar-refractivity contribution in [2.24, 2.45) is 0 Å². The Hall–Kier alpha value is -2.44. The lowest BCUT2D eigenvalue weighted by molar-refractivity contribution is -0.131. The van der Waals surface area contributed by atoms with Crippen molar-refractivity contribution in [2.45, 2.75) is 50.6 Å². The molecule has 0 bridgehead atoms. The summed E-state index contributed by atoms with van der Waals surface area (Å²) in [6, 6.07) is 2.25. The number of aromatic nitrogens is 1. The second kappa shape index (κ2) is 6.76. The minimum absolute atomic E-state index is 0.0253. The predicted molar refractivity (Wildman–Crippen MR) is 83.5 cm³/mol. The Morgan fingerprint density at radius 2 is 2.09 bits per heavy atom. The normalized spacial score (nSPS) is 22.1. The van der Waals surface area contributed by atoms with Gasteiger partial charge in [-0.05, 0) is 25.0 Å². The number of pyridine rings is 1. The zero-order chi connectivity index (χ0) is 16.2. The third-order valence-electron chi connectivity index (χ3n) is 4.33. The fraction of sp³-hybridized carbons (Fsp3) is 0.500. The van der Waals surface area contributed by atoms with Crippen molar-refractivity contribution in [2.75, 3.05) is 5.32 Å². The molecule has 1 saturated carbocycles. The fourth-order valence-electron chi connectivity index (χ4n) is 3.21. The number of nitrogens with one attached hydrogen (secondary N) is 2. The van der Waals surface area contributed by atoms with Crippen LogP contribution < -0.4 is 10.6 Å². The van der Waals surface area contributed by atoms with E-state index in [0.717, 1.165) is 32.1 Å². The molecule has 2 fully saturated rings. The highest BCUT2D eigenvalue weighted by Gasteiger charge is 2.42. The Bertz CT molecular complexity index is 599. The molecule has 1 aliphatic heterocycles. The molecule has 1 atom stereocenters. The topological polar surface area (TPSA) is 91.4 Å². The van der Waals surface area contributed by atoms with Crippen molar-refractivity contribution in [3.63, 3.8) is 0 Å². The minimum atomic E-state index is -0.777. The molecule has 0 aromatic carbocycles. The minimum Gasteiger partial charge on any atom is -0.325 e. The quantitative estimate of drug-likeness (QED) is 0.827. The second-order valence-electron chi connectivity index (χ2n) is 6.00. The van der Waals surface area contributed by atoms with Gasteiger partial charge in [0.1, 0.15) is 6.04 Å². The van der Waals surface area contributed by atoms with Crippen LogP contribution in [0.25, 0.3) is 0 Å². The van der Waals surface area contributed by atoms with Gasteiger partial charge in [0.25, 0.3) is 5.91 Å². The van der Waals surface area contributed by atoms with E-state index in [0.29, 0.717) is 5.69 Å². The van der Waals surface area contributed by atoms with Gasteiger partial charge in [0.15, 0.2) is 0 Å². The van der Waals surface area contributed by atoms with Crippen molar-refractivity contribution < 1.29 is 14.4 Å². The molecule has 2 N–H and O–H groups in total. The van der Waals surface area contributed by atoms with Gasteiger partial charge >= 0.3 is 6.03 Å². The zero-order valence-electron chi connectivity index (χ0n) is 12.8. The lowest BCUT2D eigenvalue weighted by Gasteiger charge is -2.28. The van der Waals surface area contributed by atoms with Gasteiger partial charge in [-0.1, -0.05) is 19.3 Å². The van der Waals surface area contributed by atoms with Gasteiger partial charge in [-0.2, -0.15) is 0 Å². The Balaban J connectivity index is 1.59. The van der Waals surface area contributed by atoms with E-state index in [9.17, 15) is 14.4 Å². The standard InChI is InChI=1S/C16H20N4O3/c21-14(18-11-5-4-8-17-10-11)9-13-15(22)20(16(23)19-13)12-6-2-1-3-7-12/h4-5,8,10,12-13H,1-3,6-7,9H2,(H,18,21)(H,19,23)/t13-/m1/s1. The summed E-state index contributed by atoms with van der Waals surface area (Å²) in [5.41, 5.74) is 0.568. The van der Waals surface area contributed by atoms with Crippen LogP contribution in [0.3, 0.4) is 0 Å². The SMILES string of the molecule is O=C(C[C@H]1NC(=O)N(C2CCCCC2)C1=O)Nc1cccnc1. The highest BCUT2D eigenvalue weighted by molar-refractivity contribution is 6.07.